The SMILES string of the molecule is [CH2-]C([CH2-])n1cc(NC(=O)c2ccc(-c3cn[nH]c3)o2)c(-c2ccccn2)n1.[U+2]. The molecule has 0 atom stereocenters. The van der Waals surface area contributed by atoms with Crippen LogP contribution in [-0.4, -0.2) is 30.9 Å². The zero-order valence-corrected chi connectivity index (χ0v) is 19.0. The molecule has 0 saturated heterocycles. The van der Waals surface area contributed by atoms with Crippen molar-refractivity contribution >= 4 is 11.6 Å². The summed E-state index contributed by atoms with van der Waals surface area (Å²) >= 11 is 0. The van der Waals surface area contributed by atoms with Crippen LogP contribution in [0.3, 0.4) is 0 Å². The Morgan fingerprint density at radius 2 is 2.11 bits per heavy atom. The Morgan fingerprint density at radius 3 is 2.79 bits per heavy atom. The number of aromatic nitrogens is 5. The van der Waals surface area contributed by atoms with Gasteiger partial charge >= 0.3 is 31.1 Å². The molecule has 0 aliphatic heterocycles. The molecule has 2 N–H and O–H groups in total. The van der Waals surface area contributed by atoms with Crippen LogP contribution in [0.5, 0.6) is 0 Å². The van der Waals surface area contributed by atoms with E-state index < -0.39 is 5.91 Å². The number of pyridine rings is 1. The molecule has 0 spiro atoms. The average molecular weight is 598 g/mol. The van der Waals surface area contributed by atoms with Gasteiger partial charge < -0.3 is 28.3 Å². The number of carbonyl (C=O) groups excluding carboxylic acids is 1. The maximum absolute atomic E-state index is 12.6. The zero-order chi connectivity index (χ0) is 18.8. The van der Waals surface area contributed by atoms with Crippen LogP contribution in [0.4, 0.5) is 5.69 Å². The number of aromatic amines is 1. The summed E-state index contributed by atoms with van der Waals surface area (Å²) in [6.45, 7) is 7.71. The fraction of sp³-hybridized carbons (Fsp3) is 0.0526. The molecule has 4 heterocycles. The number of nitrogens with one attached hydrogen (secondary N) is 2. The minimum atomic E-state index is -0.397. The second-order valence-corrected chi connectivity index (χ2v) is 5.85. The van der Waals surface area contributed by atoms with Crippen molar-refractivity contribution in [2.75, 3.05) is 5.32 Å². The van der Waals surface area contributed by atoms with Gasteiger partial charge in [0.25, 0.3) is 5.91 Å². The van der Waals surface area contributed by atoms with Gasteiger partial charge in [0.05, 0.1) is 23.1 Å². The Kier molecular flexibility index (Phi) is 6.17. The topological polar surface area (TPSA) is 102 Å². The van der Waals surface area contributed by atoms with Gasteiger partial charge in [-0.1, -0.05) is 6.07 Å². The minimum Gasteiger partial charge on any atom is -0.451 e. The Labute approximate surface area is 185 Å². The van der Waals surface area contributed by atoms with E-state index in [1.54, 1.807) is 41.6 Å². The van der Waals surface area contributed by atoms with Crippen LogP contribution < -0.4 is 5.32 Å². The van der Waals surface area contributed by atoms with Crippen molar-refractivity contribution in [3.05, 3.63) is 74.7 Å². The third-order valence-corrected chi connectivity index (χ3v) is 3.87. The molecule has 0 saturated carbocycles. The number of nitrogens with zero attached hydrogens (tertiary/aromatic N) is 4. The zero-order valence-electron chi connectivity index (χ0n) is 14.8. The summed E-state index contributed by atoms with van der Waals surface area (Å²) in [6, 6.07) is 8.44. The fourth-order valence-electron chi connectivity index (χ4n) is 2.55. The summed E-state index contributed by atoms with van der Waals surface area (Å²) in [5.41, 5.74) is 2.42. The molecule has 8 nitrogen and oxygen atoms in total. The Bertz CT molecular complexity index is 1050. The van der Waals surface area contributed by atoms with E-state index in [2.05, 4.69) is 39.4 Å². The number of hydrogen-bond donors (Lipinski definition) is 2. The summed E-state index contributed by atoms with van der Waals surface area (Å²) in [5, 5.41) is 13.8. The number of H-pyrrole nitrogens is 1. The summed E-state index contributed by atoms with van der Waals surface area (Å²) in [6.07, 6.45) is 6.64. The normalized spacial score (nSPS) is 10.7. The molecule has 4 aromatic heterocycles. The number of furan rings is 1. The predicted molar refractivity (Wildman–Crippen MR) is 99.5 cm³/mol. The average Bonchev–Trinajstić information content (AvgIpc) is 3.42. The first-order chi connectivity index (χ1) is 13.1. The van der Waals surface area contributed by atoms with E-state index in [1.165, 1.54) is 0 Å². The van der Waals surface area contributed by atoms with Crippen LogP contribution in [-0.2, 0) is 0 Å². The molecule has 9 heteroatoms. The van der Waals surface area contributed by atoms with Gasteiger partial charge in [-0.3, -0.25) is 14.9 Å². The van der Waals surface area contributed by atoms with Gasteiger partial charge in [0, 0.05) is 18.6 Å². The molecule has 0 aliphatic rings. The number of rotatable bonds is 5. The van der Waals surface area contributed by atoms with Crippen molar-refractivity contribution in [2.45, 2.75) is 6.04 Å². The van der Waals surface area contributed by atoms with Gasteiger partial charge in [-0.05, 0) is 24.3 Å². The van der Waals surface area contributed by atoms with Crippen LogP contribution in [0.2, 0.25) is 0 Å². The predicted octanol–water partition coefficient (Wildman–Crippen LogP) is 3.39. The Balaban J connectivity index is 0.00000225. The fourth-order valence-corrected chi connectivity index (χ4v) is 2.55. The molecule has 0 unspecified atom stereocenters. The molecule has 0 bridgehead atoms. The molecule has 4 rings (SSSR count). The van der Waals surface area contributed by atoms with Crippen molar-refractivity contribution in [3.63, 3.8) is 0 Å². The third kappa shape index (κ3) is 4.11. The molecular formula is C19H16N6O2U. The van der Waals surface area contributed by atoms with E-state index in [0.29, 0.717) is 22.8 Å². The monoisotopic (exact) mass is 598 g/mol. The van der Waals surface area contributed by atoms with Gasteiger partial charge in [0.1, 0.15) is 11.5 Å². The molecule has 0 fully saturated rings. The molecule has 0 aromatic carbocycles. The van der Waals surface area contributed by atoms with E-state index in [1.807, 2.05) is 18.2 Å². The van der Waals surface area contributed by atoms with Crippen molar-refractivity contribution in [1.82, 2.24) is 25.0 Å². The number of carbonyl (C=O) groups is 1. The van der Waals surface area contributed by atoms with Gasteiger partial charge in [-0.15, -0.1) is 0 Å². The van der Waals surface area contributed by atoms with Crippen molar-refractivity contribution in [1.29, 1.82) is 0 Å². The Hall–Kier alpha value is -2.63. The van der Waals surface area contributed by atoms with E-state index in [4.69, 9.17) is 4.42 Å². The van der Waals surface area contributed by atoms with E-state index in [9.17, 15) is 4.79 Å². The smallest absolute Gasteiger partial charge is 0.451 e. The number of hydrogen-bond acceptors (Lipinski definition) is 5. The van der Waals surface area contributed by atoms with Crippen molar-refractivity contribution in [3.8, 4) is 22.7 Å². The maximum atomic E-state index is 12.6. The maximum Gasteiger partial charge on any atom is 2.00 e. The van der Waals surface area contributed by atoms with Crippen molar-refractivity contribution < 1.29 is 40.3 Å². The minimum absolute atomic E-state index is 0. The van der Waals surface area contributed by atoms with Gasteiger partial charge in [-0.2, -0.15) is 10.2 Å². The van der Waals surface area contributed by atoms with Gasteiger partial charge in [-0.25, -0.2) is 6.04 Å². The van der Waals surface area contributed by atoms with E-state index in [-0.39, 0.29) is 42.9 Å². The first-order valence-electron chi connectivity index (χ1n) is 8.19. The molecule has 0 radical (unpaired) electrons. The number of anilines is 1. The van der Waals surface area contributed by atoms with Crippen molar-refractivity contribution in [2.24, 2.45) is 0 Å². The van der Waals surface area contributed by atoms with Gasteiger partial charge in [0.2, 0.25) is 0 Å². The summed E-state index contributed by atoms with van der Waals surface area (Å²) < 4.78 is 7.19. The summed E-state index contributed by atoms with van der Waals surface area (Å²) in [5.74, 6) is 0.322. The first kappa shape index (κ1) is 20.1. The molecule has 0 aliphatic carbocycles. The Morgan fingerprint density at radius 1 is 1.25 bits per heavy atom. The van der Waals surface area contributed by atoms with E-state index in [0.717, 1.165) is 5.56 Å². The van der Waals surface area contributed by atoms with Crippen LogP contribution in [0.25, 0.3) is 22.7 Å². The quantitative estimate of drug-likeness (QED) is 0.343. The van der Waals surface area contributed by atoms with Crippen LogP contribution in [0, 0.1) is 45.0 Å². The molecular weight excluding hydrogens is 582 g/mol. The largest absolute Gasteiger partial charge is 2.00 e. The van der Waals surface area contributed by atoms with Crippen LogP contribution in [0.1, 0.15) is 16.6 Å². The molecule has 138 valence electrons. The summed E-state index contributed by atoms with van der Waals surface area (Å²) in [4.78, 5) is 16.9. The second-order valence-electron chi connectivity index (χ2n) is 5.85. The molecule has 1 amide bonds. The number of amides is 1. The third-order valence-electron chi connectivity index (χ3n) is 3.87. The van der Waals surface area contributed by atoms with Gasteiger partial charge in [0.15, 0.2) is 5.76 Å². The van der Waals surface area contributed by atoms with Crippen LogP contribution >= 0.6 is 0 Å². The van der Waals surface area contributed by atoms with E-state index >= 15 is 0 Å². The first-order valence-corrected chi connectivity index (χ1v) is 8.19. The standard InChI is InChI=1S/C19H16N6O2.U/c1-12(2)25-11-15(18(24-25)14-5-3-4-8-20-14)23-19(26)17-7-6-16(27-17)13-9-21-22-10-13;/h3-12H,1-2H2,(H,21,22)(H,23,26);/q-2;+2. The molecule has 28 heavy (non-hydrogen) atoms. The summed E-state index contributed by atoms with van der Waals surface area (Å²) in [7, 11) is 0. The van der Waals surface area contributed by atoms with Crippen LogP contribution in [0.15, 0.2) is 59.5 Å². The molecule has 4 aromatic rings. The second kappa shape index (κ2) is 8.59.